The zero-order valence-corrected chi connectivity index (χ0v) is 19.6. The summed E-state index contributed by atoms with van der Waals surface area (Å²) in [5.41, 5.74) is 1.79. The van der Waals surface area contributed by atoms with Crippen LogP contribution in [0.1, 0.15) is 63.9 Å². The van der Waals surface area contributed by atoms with Crippen molar-refractivity contribution in [3.8, 4) is 0 Å². The third-order valence-corrected chi connectivity index (χ3v) is 9.49. The molecule has 8 heteroatoms. The van der Waals surface area contributed by atoms with Crippen LogP contribution in [-0.4, -0.2) is 49.7 Å². The van der Waals surface area contributed by atoms with Gasteiger partial charge in [-0.1, -0.05) is 12.8 Å². The molecule has 0 spiro atoms. The molecule has 2 amide bonds. The number of nitrogens with zero attached hydrogens (tertiary/aromatic N) is 2. The smallest absolute Gasteiger partial charge is 0.243 e. The van der Waals surface area contributed by atoms with E-state index in [1.807, 2.05) is 11.8 Å². The molecule has 174 valence electrons. The molecule has 1 saturated heterocycles. The van der Waals surface area contributed by atoms with Crippen LogP contribution in [0.5, 0.6) is 0 Å². The normalized spacial score (nSPS) is 25.2. The van der Waals surface area contributed by atoms with Gasteiger partial charge in [-0.2, -0.15) is 4.31 Å². The predicted octanol–water partition coefficient (Wildman–Crippen LogP) is 2.83. The molecule has 5 rings (SSSR count). The Bertz CT molecular complexity index is 1010. The van der Waals surface area contributed by atoms with Gasteiger partial charge >= 0.3 is 0 Å². The number of amides is 2. The number of hydrogen-bond acceptors (Lipinski definition) is 4. The van der Waals surface area contributed by atoms with E-state index in [1.54, 1.807) is 18.2 Å². The molecule has 2 aliphatic carbocycles. The van der Waals surface area contributed by atoms with Crippen LogP contribution in [0.2, 0.25) is 0 Å². The summed E-state index contributed by atoms with van der Waals surface area (Å²) in [5, 5.41) is 3.15. The molecule has 2 aliphatic heterocycles. The molecule has 4 aliphatic rings. The fourth-order valence-corrected chi connectivity index (χ4v) is 7.05. The molecule has 32 heavy (non-hydrogen) atoms. The van der Waals surface area contributed by atoms with E-state index in [1.165, 1.54) is 17.1 Å². The van der Waals surface area contributed by atoms with E-state index in [-0.39, 0.29) is 34.6 Å². The average molecular weight is 460 g/mol. The molecule has 7 nitrogen and oxygen atoms in total. The SMILES string of the molecule is CC1Cc2cc(S(=O)(=O)N3CCC(C(=O)NC4CCCC4)CC3)ccc2N1C(=O)C1CC1. The van der Waals surface area contributed by atoms with Crippen LogP contribution in [0.15, 0.2) is 23.1 Å². The zero-order valence-electron chi connectivity index (χ0n) is 18.8. The topological polar surface area (TPSA) is 86.8 Å². The molecule has 1 aromatic rings. The minimum Gasteiger partial charge on any atom is -0.353 e. The van der Waals surface area contributed by atoms with Crippen LogP contribution in [0.25, 0.3) is 0 Å². The maximum absolute atomic E-state index is 13.3. The third kappa shape index (κ3) is 4.07. The minimum absolute atomic E-state index is 0.0604. The Morgan fingerprint density at radius 2 is 1.66 bits per heavy atom. The molecule has 2 heterocycles. The average Bonchev–Trinajstić information content (AvgIpc) is 3.41. The summed E-state index contributed by atoms with van der Waals surface area (Å²) in [5.74, 6) is 0.287. The second-order valence-corrected chi connectivity index (χ2v) is 11.9. The molecule has 2 saturated carbocycles. The van der Waals surface area contributed by atoms with Crippen molar-refractivity contribution < 1.29 is 18.0 Å². The zero-order chi connectivity index (χ0) is 22.5. The molecule has 0 radical (unpaired) electrons. The molecule has 1 atom stereocenters. The number of carbonyl (C=O) groups excluding carboxylic acids is 2. The molecule has 1 aromatic carbocycles. The Labute approximate surface area is 190 Å². The largest absolute Gasteiger partial charge is 0.353 e. The lowest BCUT2D eigenvalue weighted by molar-refractivity contribution is -0.126. The quantitative estimate of drug-likeness (QED) is 0.734. The highest BCUT2D eigenvalue weighted by Crippen LogP contribution is 2.40. The fourth-order valence-electron chi connectivity index (χ4n) is 5.53. The summed E-state index contributed by atoms with van der Waals surface area (Å²) in [7, 11) is -3.62. The Kier molecular flexibility index (Phi) is 5.78. The maximum atomic E-state index is 13.3. The number of carbonyl (C=O) groups is 2. The summed E-state index contributed by atoms with van der Waals surface area (Å²) in [6.45, 7) is 2.76. The lowest BCUT2D eigenvalue weighted by Gasteiger charge is -2.31. The number of rotatable bonds is 5. The van der Waals surface area contributed by atoms with Crippen LogP contribution < -0.4 is 10.2 Å². The van der Waals surface area contributed by atoms with Gasteiger partial charge in [0.15, 0.2) is 0 Å². The minimum atomic E-state index is -3.62. The Morgan fingerprint density at radius 3 is 2.31 bits per heavy atom. The predicted molar refractivity (Wildman–Crippen MR) is 122 cm³/mol. The number of sulfonamides is 1. The van der Waals surface area contributed by atoms with Crippen molar-refractivity contribution >= 4 is 27.5 Å². The fraction of sp³-hybridized carbons (Fsp3) is 0.667. The number of hydrogen-bond donors (Lipinski definition) is 1. The molecule has 0 bridgehead atoms. The van der Waals surface area contributed by atoms with Crippen molar-refractivity contribution in [2.75, 3.05) is 18.0 Å². The summed E-state index contributed by atoms with van der Waals surface area (Å²) >= 11 is 0. The first-order valence-corrected chi connectivity index (χ1v) is 13.5. The molecule has 1 N–H and O–H groups in total. The van der Waals surface area contributed by atoms with Gasteiger partial charge in [0, 0.05) is 42.7 Å². The van der Waals surface area contributed by atoms with Crippen molar-refractivity contribution in [2.24, 2.45) is 11.8 Å². The second-order valence-electron chi connectivity index (χ2n) is 9.99. The maximum Gasteiger partial charge on any atom is 0.243 e. The van der Waals surface area contributed by atoms with Gasteiger partial charge in [0.2, 0.25) is 21.8 Å². The number of piperidine rings is 1. The van der Waals surface area contributed by atoms with Crippen molar-refractivity contribution in [3.63, 3.8) is 0 Å². The first-order chi connectivity index (χ1) is 15.3. The van der Waals surface area contributed by atoms with E-state index in [0.29, 0.717) is 38.4 Å². The monoisotopic (exact) mass is 459 g/mol. The van der Waals surface area contributed by atoms with Crippen LogP contribution in [0, 0.1) is 11.8 Å². The summed E-state index contributed by atoms with van der Waals surface area (Å²) in [6.07, 6.45) is 8.17. The van der Waals surface area contributed by atoms with E-state index < -0.39 is 10.0 Å². The van der Waals surface area contributed by atoms with Crippen molar-refractivity contribution in [3.05, 3.63) is 23.8 Å². The second kappa shape index (κ2) is 8.45. The Morgan fingerprint density at radius 1 is 0.969 bits per heavy atom. The van der Waals surface area contributed by atoms with Crippen molar-refractivity contribution in [2.45, 2.75) is 81.7 Å². The Balaban J connectivity index is 1.25. The highest BCUT2D eigenvalue weighted by Gasteiger charge is 2.40. The third-order valence-electron chi connectivity index (χ3n) is 7.59. The van der Waals surface area contributed by atoms with Gasteiger partial charge < -0.3 is 10.2 Å². The number of anilines is 1. The highest BCUT2D eigenvalue weighted by atomic mass is 32.2. The van der Waals surface area contributed by atoms with E-state index in [9.17, 15) is 18.0 Å². The molecular weight excluding hydrogens is 426 g/mol. The van der Waals surface area contributed by atoms with Gasteiger partial charge in [0.25, 0.3) is 0 Å². The van der Waals surface area contributed by atoms with Gasteiger partial charge in [-0.25, -0.2) is 8.42 Å². The molecule has 0 aromatic heterocycles. The van der Waals surface area contributed by atoms with Gasteiger partial charge in [-0.3, -0.25) is 9.59 Å². The van der Waals surface area contributed by atoms with Crippen molar-refractivity contribution in [1.82, 2.24) is 9.62 Å². The number of benzene rings is 1. The van der Waals surface area contributed by atoms with Crippen LogP contribution in [-0.2, 0) is 26.0 Å². The Hall–Kier alpha value is -1.93. The standard InChI is InChI=1S/C24H33N3O4S/c1-16-14-19-15-21(8-9-22(19)27(16)24(29)18-6-7-18)32(30,31)26-12-10-17(11-13-26)23(28)25-20-4-2-3-5-20/h8-9,15-18,20H,2-7,10-14H2,1H3,(H,25,28). The number of fused-ring (bicyclic) bond motifs is 1. The van der Waals surface area contributed by atoms with Gasteiger partial charge in [0.1, 0.15) is 0 Å². The first kappa shape index (κ1) is 21.9. The van der Waals surface area contributed by atoms with Gasteiger partial charge in [-0.05, 0) is 75.6 Å². The lowest BCUT2D eigenvalue weighted by Crippen LogP contribution is -2.44. The van der Waals surface area contributed by atoms with Crippen molar-refractivity contribution in [1.29, 1.82) is 0 Å². The molecule has 1 unspecified atom stereocenters. The summed E-state index contributed by atoms with van der Waals surface area (Å²) in [4.78, 5) is 27.4. The van der Waals surface area contributed by atoms with E-state index in [4.69, 9.17) is 0 Å². The van der Waals surface area contributed by atoms with Gasteiger partial charge in [-0.15, -0.1) is 0 Å². The first-order valence-electron chi connectivity index (χ1n) is 12.1. The van der Waals surface area contributed by atoms with E-state index in [0.717, 1.165) is 36.9 Å². The molecule has 3 fully saturated rings. The lowest BCUT2D eigenvalue weighted by atomic mass is 9.97. The van der Waals surface area contributed by atoms with Crippen LogP contribution >= 0.6 is 0 Å². The summed E-state index contributed by atoms with van der Waals surface area (Å²) in [6, 6.07) is 5.54. The summed E-state index contributed by atoms with van der Waals surface area (Å²) < 4.78 is 28.1. The van der Waals surface area contributed by atoms with Crippen LogP contribution in [0.3, 0.4) is 0 Å². The highest BCUT2D eigenvalue weighted by molar-refractivity contribution is 7.89. The van der Waals surface area contributed by atoms with E-state index >= 15 is 0 Å². The van der Waals surface area contributed by atoms with Gasteiger partial charge in [0.05, 0.1) is 4.90 Å². The molecular formula is C24H33N3O4S. The van der Waals surface area contributed by atoms with Crippen LogP contribution in [0.4, 0.5) is 5.69 Å². The number of nitrogens with one attached hydrogen (secondary N) is 1. The van der Waals surface area contributed by atoms with E-state index in [2.05, 4.69) is 5.32 Å².